The van der Waals surface area contributed by atoms with Gasteiger partial charge < -0.3 is 20.1 Å². The highest BCUT2D eigenvalue weighted by Gasteiger charge is 2.49. The van der Waals surface area contributed by atoms with Gasteiger partial charge in [-0.1, -0.05) is 51.1 Å². The SMILES string of the molecule is CCCCC1(CCCC)C[C@H](CNCCCCNc2c3ccc(Cl)cc3nc3ccc(OC)cc23)[C@](C)(OC)OO1. The van der Waals surface area contributed by atoms with E-state index in [1.807, 2.05) is 43.3 Å². The van der Waals surface area contributed by atoms with Gasteiger partial charge in [-0.3, -0.25) is 0 Å². The highest BCUT2D eigenvalue weighted by molar-refractivity contribution is 6.31. The summed E-state index contributed by atoms with van der Waals surface area (Å²) < 4.78 is 11.3. The molecule has 1 saturated heterocycles. The van der Waals surface area contributed by atoms with Gasteiger partial charge in [0.2, 0.25) is 5.79 Å². The van der Waals surface area contributed by atoms with Crippen LogP contribution < -0.4 is 15.4 Å². The normalized spacial score (nSPS) is 20.5. The van der Waals surface area contributed by atoms with Gasteiger partial charge in [-0.25, -0.2) is 14.8 Å². The fourth-order valence-electron chi connectivity index (χ4n) is 5.85. The van der Waals surface area contributed by atoms with E-state index < -0.39 is 5.79 Å². The van der Waals surface area contributed by atoms with Gasteiger partial charge in [-0.05, 0) is 82.0 Å². The Labute approximate surface area is 250 Å². The largest absolute Gasteiger partial charge is 0.497 e. The first-order chi connectivity index (χ1) is 19.9. The van der Waals surface area contributed by atoms with Crippen molar-refractivity contribution in [2.75, 3.05) is 39.2 Å². The lowest BCUT2D eigenvalue weighted by Crippen LogP contribution is -2.55. The summed E-state index contributed by atoms with van der Waals surface area (Å²) in [6.45, 7) is 9.08. The molecule has 0 spiro atoms. The van der Waals surface area contributed by atoms with Gasteiger partial charge in [-0.15, -0.1) is 0 Å². The molecule has 4 rings (SSSR count). The Morgan fingerprint density at radius 2 is 1.68 bits per heavy atom. The molecule has 226 valence electrons. The van der Waals surface area contributed by atoms with E-state index in [-0.39, 0.29) is 11.5 Å². The first kappa shape index (κ1) is 31.8. The molecule has 2 aromatic carbocycles. The summed E-state index contributed by atoms with van der Waals surface area (Å²) in [6, 6.07) is 11.9. The van der Waals surface area contributed by atoms with E-state index in [9.17, 15) is 0 Å². The average molecular weight is 586 g/mol. The van der Waals surface area contributed by atoms with Crippen LogP contribution in [0.1, 0.15) is 78.6 Å². The monoisotopic (exact) mass is 585 g/mol. The van der Waals surface area contributed by atoms with Gasteiger partial charge >= 0.3 is 0 Å². The summed E-state index contributed by atoms with van der Waals surface area (Å²) in [5.41, 5.74) is 2.65. The van der Waals surface area contributed by atoms with E-state index in [1.165, 1.54) is 0 Å². The molecule has 1 aliphatic heterocycles. The van der Waals surface area contributed by atoms with Crippen molar-refractivity contribution in [3.05, 3.63) is 41.4 Å². The number of ether oxygens (including phenoxy) is 2. The highest BCUT2D eigenvalue weighted by Crippen LogP contribution is 2.43. The lowest BCUT2D eigenvalue weighted by atomic mass is 9.79. The molecule has 2 N–H and O–H groups in total. The number of hydrogen-bond acceptors (Lipinski definition) is 7. The fourth-order valence-corrected chi connectivity index (χ4v) is 6.02. The lowest BCUT2D eigenvalue weighted by molar-refractivity contribution is -0.500. The van der Waals surface area contributed by atoms with Crippen LogP contribution in [0.4, 0.5) is 5.69 Å². The molecule has 7 nitrogen and oxygen atoms in total. The van der Waals surface area contributed by atoms with Crippen molar-refractivity contribution in [3.63, 3.8) is 0 Å². The molecule has 0 amide bonds. The van der Waals surface area contributed by atoms with E-state index in [1.54, 1.807) is 14.2 Å². The summed E-state index contributed by atoms with van der Waals surface area (Å²) in [5, 5.41) is 10.2. The Hall–Kier alpha value is -2.16. The zero-order valence-electron chi connectivity index (χ0n) is 25.5. The number of hydrogen-bond donors (Lipinski definition) is 2. The topological polar surface area (TPSA) is 73.9 Å². The van der Waals surface area contributed by atoms with Crippen LogP contribution in [-0.4, -0.2) is 50.2 Å². The Bertz CT molecular complexity index is 1260. The molecule has 1 aromatic heterocycles. The van der Waals surface area contributed by atoms with Gasteiger partial charge in [0.15, 0.2) is 0 Å². The van der Waals surface area contributed by atoms with Crippen molar-refractivity contribution >= 4 is 39.1 Å². The molecule has 2 heterocycles. The molecule has 2 atom stereocenters. The number of anilines is 1. The van der Waals surface area contributed by atoms with Crippen molar-refractivity contribution < 1.29 is 19.2 Å². The second-order valence-corrected chi connectivity index (χ2v) is 12.0. The van der Waals surface area contributed by atoms with Gasteiger partial charge in [0.1, 0.15) is 11.4 Å². The van der Waals surface area contributed by atoms with Crippen LogP contribution >= 0.6 is 11.6 Å². The molecule has 1 aliphatic rings. The number of aromatic nitrogens is 1. The molecule has 0 aliphatic carbocycles. The Morgan fingerprint density at radius 1 is 0.927 bits per heavy atom. The maximum atomic E-state index is 6.28. The van der Waals surface area contributed by atoms with Gasteiger partial charge in [-0.2, -0.15) is 0 Å². The minimum absolute atomic E-state index is 0.212. The van der Waals surface area contributed by atoms with Crippen LogP contribution in [0.2, 0.25) is 5.02 Å². The number of halogens is 1. The summed E-state index contributed by atoms with van der Waals surface area (Å²) in [4.78, 5) is 16.9. The second-order valence-electron chi connectivity index (χ2n) is 11.5. The third kappa shape index (κ3) is 7.82. The van der Waals surface area contributed by atoms with Gasteiger partial charge in [0.05, 0.1) is 23.8 Å². The van der Waals surface area contributed by atoms with E-state index in [0.29, 0.717) is 5.02 Å². The number of fused-ring (bicyclic) bond motifs is 2. The van der Waals surface area contributed by atoms with Crippen molar-refractivity contribution in [1.29, 1.82) is 0 Å². The highest BCUT2D eigenvalue weighted by atomic mass is 35.5. The summed E-state index contributed by atoms with van der Waals surface area (Å²) in [5.74, 6) is 0.280. The fraction of sp³-hybridized carbons (Fsp3) is 0.606. The molecular formula is C33H48ClN3O4. The van der Waals surface area contributed by atoms with Crippen LogP contribution in [0, 0.1) is 5.92 Å². The van der Waals surface area contributed by atoms with Crippen LogP contribution in [-0.2, 0) is 14.5 Å². The third-order valence-electron chi connectivity index (χ3n) is 8.54. The minimum Gasteiger partial charge on any atom is -0.497 e. The maximum absolute atomic E-state index is 6.28. The van der Waals surface area contributed by atoms with E-state index in [4.69, 9.17) is 35.8 Å². The smallest absolute Gasteiger partial charge is 0.202 e. The first-order valence-corrected chi connectivity index (χ1v) is 15.7. The Balaban J connectivity index is 1.34. The molecule has 3 aromatic rings. The number of benzene rings is 2. The van der Waals surface area contributed by atoms with E-state index >= 15 is 0 Å². The molecule has 1 fully saturated rings. The molecule has 0 unspecified atom stereocenters. The summed E-state index contributed by atoms with van der Waals surface area (Å²) in [7, 11) is 3.40. The lowest BCUT2D eigenvalue weighted by Gasteiger charge is -2.48. The van der Waals surface area contributed by atoms with Gasteiger partial charge in [0.25, 0.3) is 0 Å². The Kier molecular flexibility index (Phi) is 11.5. The number of rotatable bonds is 16. The minimum atomic E-state index is -0.746. The summed E-state index contributed by atoms with van der Waals surface area (Å²) in [6.07, 6.45) is 9.68. The predicted molar refractivity (Wildman–Crippen MR) is 169 cm³/mol. The first-order valence-electron chi connectivity index (χ1n) is 15.3. The van der Waals surface area contributed by atoms with Crippen molar-refractivity contribution in [1.82, 2.24) is 10.3 Å². The zero-order chi connectivity index (χ0) is 29.3. The number of pyridine rings is 1. The molecule has 0 radical (unpaired) electrons. The standard InChI is InChI=1S/C33H48ClN3O4/c1-6-8-16-33(17-9-7-2)22-24(32(3,39-5)40-41-33)23-35-18-10-11-19-36-31-27-14-12-25(34)20-30(27)37-29-15-13-26(38-4)21-28(29)31/h12-15,20-21,24,35H,6-11,16-19,22-23H2,1-5H3,(H,36,37)/t24-,32-/m1/s1. The number of methoxy groups -OCH3 is 2. The van der Waals surface area contributed by atoms with Crippen LogP contribution in [0.3, 0.4) is 0 Å². The predicted octanol–water partition coefficient (Wildman–Crippen LogP) is 8.28. The van der Waals surface area contributed by atoms with Gasteiger partial charge in [0, 0.05) is 41.9 Å². The molecular weight excluding hydrogens is 538 g/mol. The Morgan fingerprint density at radius 3 is 2.39 bits per heavy atom. The van der Waals surface area contributed by atoms with Crippen LogP contribution in [0.5, 0.6) is 5.75 Å². The van der Waals surface area contributed by atoms with Crippen molar-refractivity contribution in [3.8, 4) is 5.75 Å². The maximum Gasteiger partial charge on any atom is 0.202 e. The van der Waals surface area contributed by atoms with Crippen molar-refractivity contribution in [2.24, 2.45) is 5.92 Å². The zero-order valence-corrected chi connectivity index (χ0v) is 26.2. The van der Waals surface area contributed by atoms with E-state index in [0.717, 1.165) is 111 Å². The second kappa shape index (κ2) is 14.8. The quantitative estimate of drug-likeness (QED) is 0.0995. The number of nitrogens with one attached hydrogen (secondary N) is 2. The third-order valence-corrected chi connectivity index (χ3v) is 8.77. The molecule has 0 saturated carbocycles. The number of unbranched alkanes of at least 4 members (excludes halogenated alkanes) is 3. The average Bonchev–Trinajstić information content (AvgIpc) is 2.99. The molecule has 41 heavy (non-hydrogen) atoms. The van der Waals surface area contributed by atoms with E-state index in [2.05, 4.69) is 24.5 Å². The number of nitrogens with zero attached hydrogens (tertiary/aromatic N) is 1. The van der Waals surface area contributed by atoms with Crippen molar-refractivity contribution in [2.45, 2.75) is 89.9 Å². The van der Waals surface area contributed by atoms with Crippen LogP contribution in [0.25, 0.3) is 21.8 Å². The molecule has 8 heteroatoms. The summed E-state index contributed by atoms with van der Waals surface area (Å²) >= 11 is 6.28. The molecule has 0 bridgehead atoms. The van der Waals surface area contributed by atoms with Crippen LogP contribution in [0.15, 0.2) is 36.4 Å².